The lowest BCUT2D eigenvalue weighted by molar-refractivity contribution is 0.164. The normalized spacial score (nSPS) is 24.0. The Bertz CT molecular complexity index is 792. The fourth-order valence-electron chi connectivity index (χ4n) is 4.35. The monoisotopic (exact) mass is 324 g/mol. The number of ether oxygens (including phenoxy) is 3. The zero-order valence-electron chi connectivity index (χ0n) is 13.7. The van der Waals surface area contributed by atoms with Crippen LogP contribution in [0.1, 0.15) is 35.7 Å². The maximum absolute atomic E-state index is 5.60. The maximum Gasteiger partial charge on any atom is 0.231 e. The minimum absolute atomic E-state index is 0.288. The molecule has 24 heavy (non-hydrogen) atoms. The molecule has 0 radical (unpaired) electrons. The van der Waals surface area contributed by atoms with Gasteiger partial charge >= 0.3 is 0 Å². The number of rotatable bonds is 3. The second-order valence-corrected chi connectivity index (χ2v) is 6.68. The third kappa shape index (κ3) is 2.08. The van der Waals surface area contributed by atoms with Crippen molar-refractivity contribution in [3.63, 3.8) is 0 Å². The predicted molar refractivity (Wildman–Crippen MR) is 88.4 cm³/mol. The summed E-state index contributed by atoms with van der Waals surface area (Å²) >= 11 is 0. The van der Waals surface area contributed by atoms with Gasteiger partial charge in [-0.15, -0.1) is 0 Å². The first-order valence-corrected chi connectivity index (χ1v) is 8.49. The molecule has 0 amide bonds. The van der Waals surface area contributed by atoms with Gasteiger partial charge in [0.15, 0.2) is 11.5 Å². The molecule has 5 rings (SSSR count). The molecular formula is C19H20N2O3. The van der Waals surface area contributed by atoms with E-state index in [0.717, 1.165) is 35.8 Å². The molecule has 0 spiro atoms. The fraction of sp³-hybridized carbons (Fsp3) is 0.421. The van der Waals surface area contributed by atoms with Gasteiger partial charge in [-0.1, -0.05) is 6.07 Å². The van der Waals surface area contributed by atoms with E-state index < -0.39 is 0 Å². The highest BCUT2D eigenvalue weighted by Gasteiger charge is 2.40. The first-order valence-electron chi connectivity index (χ1n) is 8.49. The highest BCUT2D eigenvalue weighted by Crippen LogP contribution is 2.45. The molecule has 124 valence electrons. The summed E-state index contributed by atoms with van der Waals surface area (Å²) in [7, 11) is 1.71. The second kappa shape index (κ2) is 5.38. The third-order valence-electron chi connectivity index (χ3n) is 5.48. The van der Waals surface area contributed by atoms with Crippen LogP contribution in [0.5, 0.6) is 17.2 Å². The van der Waals surface area contributed by atoms with Crippen LogP contribution in [0.2, 0.25) is 0 Å². The van der Waals surface area contributed by atoms with Gasteiger partial charge in [-0.3, -0.25) is 9.88 Å². The van der Waals surface area contributed by atoms with Crippen molar-refractivity contribution in [2.24, 2.45) is 0 Å². The van der Waals surface area contributed by atoms with E-state index in [1.165, 1.54) is 24.1 Å². The first kappa shape index (κ1) is 14.1. The maximum atomic E-state index is 5.60. The summed E-state index contributed by atoms with van der Waals surface area (Å²) in [6.45, 7) is 1.15. The molecule has 1 fully saturated rings. The molecule has 1 saturated heterocycles. The number of nitrogens with zero attached hydrogens (tertiary/aromatic N) is 2. The smallest absolute Gasteiger partial charge is 0.231 e. The SMILES string of the molecule is COc1cc2c(cc1CN1[C@@H]3CC[C@@H]1c1cccnc1C3)OCO2. The van der Waals surface area contributed by atoms with E-state index in [1.54, 1.807) is 7.11 Å². The van der Waals surface area contributed by atoms with E-state index in [9.17, 15) is 0 Å². The van der Waals surface area contributed by atoms with Crippen LogP contribution in [0.4, 0.5) is 0 Å². The number of pyridine rings is 1. The van der Waals surface area contributed by atoms with Crippen molar-refractivity contribution in [1.29, 1.82) is 0 Å². The minimum atomic E-state index is 0.288. The quantitative estimate of drug-likeness (QED) is 0.868. The predicted octanol–water partition coefficient (Wildman–Crippen LogP) is 3.08. The van der Waals surface area contributed by atoms with E-state index >= 15 is 0 Å². The Morgan fingerprint density at radius 3 is 3.00 bits per heavy atom. The molecule has 0 aliphatic carbocycles. The molecule has 0 unspecified atom stereocenters. The van der Waals surface area contributed by atoms with Gasteiger partial charge < -0.3 is 14.2 Å². The van der Waals surface area contributed by atoms with Gasteiger partial charge in [0.05, 0.1) is 7.11 Å². The lowest BCUT2D eigenvalue weighted by atomic mass is 9.97. The van der Waals surface area contributed by atoms with Gasteiger partial charge in [-0.25, -0.2) is 0 Å². The summed E-state index contributed by atoms with van der Waals surface area (Å²) in [5.41, 5.74) is 3.83. The van der Waals surface area contributed by atoms with Crippen LogP contribution >= 0.6 is 0 Å². The molecule has 5 nitrogen and oxygen atoms in total. The average molecular weight is 324 g/mol. The molecular weight excluding hydrogens is 304 g/mol. The van der Waals surface area contributed by atoms with Crippen LogP contribution in [0, 0.1) is 0 Å². The van der Waals surface area contributed by atoms with Crippen molar-refractivity contribution in [3.05, 3.63) is 47.3 Å². The van der Waals surface area contributed by atoms with E-state index in [2.05, 4.69) is 28.1 Å². The molecule has 3 aliphatic heterocycles. The van der Waals surface area contributed by atoms with Crippen molar-refractivity contribution in [1.82, 2.24) is 9.88 Å². The molecule has 1 aromatic heterocycles. The topological polar surface area (TPSA) is 43.8 Å². The molecule has 4 heterocycles. The summed E-state index contributed by atoms with van der Waals surface area (Å²) < 4.78 is 16.6. The van der Waals surface area contributed by atoms with Crippen LogP contribution in [-0.2, 0) is 13.0 Å². The summed E-state index contributed by atoms with van der Waals surface area (Å²) in [4.78, 5) is 7.20. The Morgan fingerprint density at radius 1 is 1.25 bits per heavy atom. The van der Waals surface area contributed by atoms with Gasteiger partial charge in [-0.2, -0.15) is 0 Å². The number of aromatic nitrogens is 1. The standard InChI is InChI=1S/C19H20N2O3/c1-22-17-9-19-18(23-11-24-19)7-12(17)10-21-13-4-5-16(21)14-3-2-6-20-15(14)8-13/h2-3,6-7,9,13,16H,4-5,8,10-11H2,1H3/t13-,16-/m1/s1. The largest absolute Gasteiger partial charge is 0.496 e. The minimum Gasteiger partial charge on any atom is -0.496 e. The Labute approximate surface area is 141 Å². The van der Waals surface area contributed by atoms with Crippen LogP contribution in [0.15, 0.2) is 30.5 Å². The molecule has 0 saturated carbocycles. The number of hydrogen-bond donors (Lipinski definition) is 0. The number of hydrogen-bond acceptors (Lipinski definition) is 5. The lowest BCUT2D eigenvalue weighted by Crippen LogP contribution is -2.37. The number of fused-ring (bicyclic) bond motifs is 5. The molecule has 2 atom stereocenters. The Kier molecular flexibility index (Phi) is 3.16. The van der Waals surface area contributed by atoms with Gasteiger partial charge in [0, 0.05) is 48.6 Å². The molecule has 0 N–H and O–H groups in total. The van der Waals surface area contributed by atoms with E-state index in [4.69, 9.17) is 14.2 Å². The van der Waals surface area contributed by atoms with Crippen molar-refractivity contribution in [2.75, 3.05) is 13.9 Å². The number of benzene rings is 1. The second-order valence-electron chi connectivity index (χ2n) is 6.68. The molecule has 2 bridgehead atoms. The Balaban J connectivity index is 1.49. The van der Waals surface area contributed by atoms with Crippen LogP contribution in [0.25, 0.3) is 0 Å². The van der Waals surface area contributed by atoms with E-state index in [0.29, 0.717) is 12.1 Å². The van der Waals surface area contributed by atoms with Gasteiger partial charge in [0.2, 0.25) is 6.79 Å². The van der Waals surface area contributed by atoms with Crippen molar-refractivity contribution >= 4 is 0 Å². The van der Waals surface area contributed by atoms with E-state index in [1.807, 2.05) is 12.3 Å². The third-order valence-corrected chi connectivity index (χ3v) is 5.48. The highest BCUT2D eigenvalue weighted by molar-refractivity contribution is 5.52. The summed E-state index contributed by atoms with van der Waals surface area (Å²) in [6, 6.07) is 9.32. The molecule has 2 aromatic rings. The average Bonchev–Trinajstić information content (AvgIpc) is 3.17. The summed E-state index contributed by atoms with van der Waals surface area (Å²) in [6.07, 6.45) is 5.39. The fourth-order valence-corrected chi connectivity index (χ4v) is 4.35. The Morgan fingerprint density at radius 2 is 2.12 bits per heavy atom. The van der Waals surface area contributed by atoms with Crippen molar-refractivity contribution in [3.8, 4) is 17.2 Å². The van der Waals surface area contributed by atoms with Crippen molar-refractivity contribution < 1.29 is 14.2 Å². The molecule has 1 aromatic carbocycles. The molecule has 5 heteroatoms. The zero-order valence-corrected chi connectivity index (χ0v) is 13.7. The Hall–Kier alpha value is -2.27. The van der Waals surface area contributed by atoms with Gasteiger partial charge in [0.1, 0.15) is 5.75 Å². The van der Waals surface area contributed by atoms with Crippen LogP contribution < -0.4 is 14.2 Å². The van der Waals surface area contributed by atoms with E-state index in [-0.39, 0.29) is 6.79 Å². The summed E-state index contributed by atoms with van der Waals surface area (Å²) in [5, 5.41) is 0. The zero-order chi connectivity index (χ0) is 16.1. The first-order chi connectivity index (χ1) is 11.8. The van der Waals surface area contributed by atoms with Gasteiger partial charge in [0.25, 0.3) is 0 Å². The number of methoxy groups -OCH3 is 1. The van der Waals surface area contributed by atoms with Crippen molar-refractivity contribution in [2.45, 2.75) is 37.9 Å². The molecule has 3 aliphatic rings. The summed E-state index contributed by atoms with van der Waals surface area (Å²) in [5.74, 6) is 2.46. The highest BCUT2D eigenvalue weighted by atomic mass is 16.7. The van der Waals surface area contributed by atoms with Crippen LogP contribution in [0.3, 0.4) is 0 Å². The van der Waals surface area contributed by atoms with Gasteiger partial charge in [-0.05, 0) is 30.5 Å². The van der Waals surface area contributed by atoms with Crippen LogP contribution in [-0.4, -0.2) is 29.8 Å². The lowest BCUT2D eigenvalue weighted by Gasteiger charge is -2.36.